The molecule has 2 aliphatic heterocycles. The van der Waals surface area contributed by atoms with Gasteiger partial charge in [-0.25, -0.2) is 0 Å². The van der Waals surface area contributed by atoms with Crippen molar-refractivity contribution in [2.75, 3.05) is 10.6 Å². The predicted molar refractivity (Wildman–Crippen MR) is 84.8 cm³/mol. The van der Waals surface area contributed by atoms with Crippen LogP contribution in [0, 0.1) is 45.3 Å². The molecule has 162 valence electrons. The van der Waals surface area contributed by atoms with Crippen molar-refractivity contribution in [3.8, 4) is 47.3 Å². The molecule has 10 nitrogen and oxygen atoms in total. The Kier molecular flexibility index (Phi) is 5.01. The van der Waals surface area contributed by atoms with Crippen molar-refractivity contribution in [2.24, 2.45) is 0 Å². The fourth-order valence-corrected chi connectivity index (χ4v) is 2.47. The van der Waals surface area contributed by atoms with Crippen molar-refractivity contribution in [3.05, 3.63) is 22.9 Å². The highest BCUT2D eigenvalue weighted by molar-refractivity contribution is 5.92. The van der Waals surface area contributed by atoms with Crippen LogP contribution in [-0.2, 0) is 0 Å². The molecule has 0 radical (unpaired) electrons. The molecule has 0 amide bonds. The third kappa shape index (κ3) is 3.88. The number of anilines is 2. The average molecular weight is 456 g/mol. The maximum atomic E-state index is 13.0. The van der Waals surface area contributed by atoms with E-state index in [2.05, 4.69) is 9.47 Å². The van der Waals surface area contributed by atoms with Crippen molar-refractivity contribution in [1.29, 1.82) is 21.0 Å². The van der Waals surface area contributed by atoms with Crippen LogP contribution in [-0.4, -0.2) is 12.7 Å². The Labute approximate surface area is 172 Å². The zero-order valence-electron chi connectivity index (χ0n) is 14.7. The number of rotatable bonds is 2. The van der Waals surface area contributed by atoms with E-state index in [1.807, 2.05) is 10.6 Å². The standard InChI is InChI=1S/C16H2F6N6O4/c17-15(18,19)31-11-7-9(29-13(27-7)5(1-23)2-24)12(32-16(20,21)22)8-10(11)30-14(28-8)6(3-25)4-26/h27-28H. The summed E-state index contributed by atoms with van der Waals surface area (Å²) in [6.07, 6.45) is -10.8. The van der Waals surface area contributed by atoms with Crippen molar-refractivity contribution >= 4 is 11.4 Å². The van der Waals surface area contributed by atoms with Crippen molar-refractivity contribution < 1.29 is 45.3 Å². The number of halogens is 6. The summed E-state index contributed by atoms with van der Waals surface area (Å²) in [6, 6.07) is 5.35. The van der Waals surface area contributed by atoms with E-state index >= 15 is 0 Å². The van der Waals surface area contributed by atoms with Gasteiger partial charge in [-0.05, 0) is 0 Å². The van der Waals surface area contributed by atoms with Gasteiger partial charge in [-0.3, -0.25) is 0 Å². The molecule has 1 aromatic rings. The normalized spacial score (nSPS) is 13.4. The Morgan fingerprint density at radius 3 is 1.22 bits per heavy atom. The number of nitrogens with one attached hydrogen (secondary N) is 2. The predicted octanol–water partition coefficient (Wildman–Crippen LogP) is 3.61. The van der Waals surface area contributed by atoms with Crippen LogP contribution in [0.2, 0.25) is 0 Å². The lowest BCUT2D eigenvalue weighted by atomic mass is 10.2. The molecule has 0 unspecified atom stereocenters. The number of nitriles is 4. The molecule has 0 atom stereocenters. The van der Waals surface area contributed by atoms with E-state index in [9.17, 15) is 26.3 Å². The highest BCUT2D eigenvalue weighted by Crippen LogP contribution is 2.62. The number of benzene rings is 1. The molecular formula is C16H2F6N6O4. The van der Waals surface area contributed by atoms with Gasteiger partial charge < -0.3 is 29.6 Å². The number of nitrogens with zero attached hydrogens (tertiary/aromatic N) is 4. The summed E-state index contributed by atoms with van der Waals surface area (Å²) >= 11 is 0. The first-order valence-electron chi connectivity index (χ1n) is 7.66. The highest BCUT2D eigenvalue weighted by atomic mass is 19.4. The van der Waals surface area contributed by atoms with E-state index in [0.29, 0.717) is 0 Å². The van der Waals surface area contributed by atoms with Crippen LogP contribution in [0.1, 0.15) is 0 Å². The smallest absolute Gasteiger partial charge is 0.432 e. The summed E-state index contributed by atoms with van der Waals surface area (Å²) < 4.78 is 95.7. The largest absolute Gasteiger partial charge is 0.573 e. The molecule has 0 fully saturated rings. The topological polar surface area (TPSA) is 156 Å². The van der Waals surface area contributed by atoms with Gasteiger partial charge in [-0.15, -0.1) is 26.3 Å². The van der Waals surface area contributed by atoms with E-state index < -0.39 is 70.0 Å². The molecule has 1 aromatic carbocycles. The molecule has 0 bridgehead atoms. The molecule has 2 aliphatic rings. The Morgan fingerprint density at radius 1 is 0.656 bits per heavy atom. The van der Waals surface area contributed by atoms with Crippen LogP contribution in [0.15, 0.2) is 22.9 Å². The molecule has 16 heteroatoms. The number of hydrogen-bond acceptors (Lipinski definition) is 10. The van der Waals surface area contributed by atoms with Crippen molar-refractivity contribution in [2.45, 2.75) is 12.7 Å². The monoisotopic (exact) mass is 456 g/mol. The van der Waals surface area contributed by atoms with Crippen LogP contribution in [0.25, 0.3) is 0 Å². The van der Waals surface area contributed by atoms with Crippen molar-refractivity contribution in [1.82, 2.24) is 0 Å². The molecule has 2 N–H and O–H groups in total. The third-order valence-corrected chi connectivity index (χ3v) is 3.54. The Bertz CT molecular complexity index is 1080. The summed E-state index contributed by atoms with van der Waals surface area (Å²) in [5.74, 6) is -6.30. The minimum absolute atomic E-state index is 0.807. The molecule has 2 heterocycles. The van der Waals surface area contributed by atoms with E-state index in [4.69, 9.17) is 30.5 Å². The van der Waals surface area contributed by atoms with E-state index in [-0.39, 0.29) is 0 Å². The lowest BCUT2D eigenvalue weighted by Crippen LogP contribution is -2.19. The van der Waals surface area contributed by atoms with Crippen molar-refractivity contribution in [3.63, 3.8) is 0 Å². The van der Waals surface area contributed by atoms with Crippen LogP contribution in [0.3, 0.4) is 0 Å². The van der Waals surface area contributed by atoms with Gasteiger partial charge >= 0.3 is 12.7 Å². The SMILES string of the molecule is N#CC(C#N)=C1Nc2c(c(OC(F)(F)F)c3c(c2OC(F)(F)F)OC(=C(C#N)C#N)N3)O1. The molecule has 0 spiro atoms. The highest BCUT2D eigenvalue weighted by Gasteiger charge is 2.46. The lowest BCUT2D eigenvalue weighted by Gasteiger charge is -2.17. The molecule has 0 saturated carbocycles. The number of ether oxygens (including phenoxy) is 4. The second-order valence-corrected chi connectivity index (χ2v) is 5.47. The summed E-state index contributed by atoms with van der Waals surface area (Å²) in [4.78, 5) is 0. The maximum absolute atomic E-state index is 13.0. The average Bonchev–Trinajstić information content (AvgIpc) is 3.30. The quantitative estimate of drug-likeness (QED) is 0.498. The Morgan fingerprint density at radius 2 is 0.969 bits per heavy atom. The Hall–Kier alpha value is -4.96. The summed E-state index contributed by atoms with van der Waals surface area (Å²) in [5.41, 5.74) is -3.53. The summed E-state index contributed by atoms with van der Waals surface area (Å²) in [5, 5.41) is 39.7. The molecule has 32 heavy (non-hydrogen) atoms. The van der Waals surface area contributed by atoms with Gasteiger partial charge in [-0.2, -0.15) is 21.0 Å². The molecule has 0 saturated heterocycles. The van der Waals surface area contributed by atoms with Gasteiger partial charge in [0.15, 0.2) is 11.1 Å². The number of hydrogen-bond donors (Lipinski definition) is 2. The van der Waals surface area contributed by atoms with Crippen LogP contribution < -0.4 is 29.6 Å². The summed E-state index contributed by atoms with van der Waals surface area (Å²) in [6.45, 7) is 0. The molecule has 0 aromatic heterocycles. The molecule has 3 rings (SSSR count). The van der Waals surface area contributed by atoms with Gasteiger partial charge in [0.1, 0.15) is 35.7 Å². The first kappa shape index (κ1) is 21.7. The second kappa shape index (κ2) is 7.38. The lowest BCUT2D eigenvalue weighted by molar-refractivity contribution is -0.276. The van der Waals surface area contributed by atoms with Gasteiger partial charge in [-0.1, -0.05) is 0 Å². The molecular weight excluding hydrogens is 454 g/mol. The summed E-state index contributed by atoms with van der Waals surface area (Å²) in [7, 11) is 0. The van der Waals surface area contributed by atoms with E-state index in [1.165, 1.54) is 24.3 Å². The molecule has 0 aliphatic carbocycles. The fraction of sp³-hybridized carbons (Fsp3) is 0.125. The van der Waals surface area contributed by atoms with Crippen LogP contribution in [0.5, 0.6) is 23.0 Å². The van der Waals surface area contributed by atoms with Gasteiger partial charge in [0.05, 0.1) is 0 Å². The number of fused-ring (bicyclic) bond motifs is 2. The van der Waals surface area contributed by atoms with E-state index in [1.54, 1.807) is 0 Å². The fourth-order valence-electron chi connectivity index (χ4n) is 2.47. The second-order valence-electron chi connectivity index (χ2n) is 5.47. The van der Waals surface area contributed by atoms with Gasteiger partial charge in [0, 0.05) is 0 Å². The first-order chi connectivity index (χ1) is 14.9. The zero-order chi connectivity index (χ0) is 23.8. The number of allylic oxidation sites excluding steroid dienone is 2. The minimum atomic E-state index is -5.40. The third-order valence-electron chi connectivity index (χ3n) is 3.54. The Balaban J connectivity index is 2.35. The van der Waals surface area contributed by atoms with Gasteiger partial charge in [0.2, 0.25) is 34.8 Å². The zero-order valence-corrected chi connectivity index (χ0v) is 14.7. The van der Waals surface area contributed by atoms with Gasteiger partial charge in [0.25, 0.3) is 0 Å². The van der Waals surface area contributed by atoms with Crippen LogP contribution in [0.4, 0.5) is 37.7 Å². The first-order valence-corrected chi connectivity index (χ1v) is 7.66. The number of alkyl halides is 6. The van der Waals surface area contributed by atoms with Crippen LogP contribution >= 0.6 is 0 Å². The minimum Gasteiger partial charge on any atom is -0.432 e. The van der Waals surface area contributed by atoms with E-state index in [0.717, 1.165) is 0 Å². The maximum Gasteiger partial charge on any atom is 0.573 e.